The number of benzene rings is 2. The quantitative estimate of drug-likeness (QED) is 0.669. The summed E-state index contributed by atoms with van der Waals surface area (Å²) in [6.45, 7) is 0.351. The van der Waals surface area contributed by atoms with E-state index in [1.165, 1.54) is 0 Å². The maximum atomic E-state index is 7.47. The first-order chi connectivity index (χ1) is 8.68. The Morgan fingerprint density at radius 1 is 1.11 bits per heavy atom. The molecule has 0 saturated heterocycles. The van der Waals surface area contributed by atoms with Gasteiger partial charge in [-0.2, -0.15) is 0 Å². The summed E-state index contributed by atoms with van der Waals surface area (Å²) in [5, 5.41) is 8.14. The zero-order chi connectivity index (χ0) is 13.0. The molecule has 5 heteroatoms. The first-order valence-electron chi connectivity index (χ1n) is 5.48. The number of halogens is 2. The van der Waals surface area contributed by atoms with Crippen molar-refractivity contribution in [2.75, 3.05) is 0 Å². The minimum atomic E-state index is -0.00948. The van der Waals surface area contributed by atoms with Gasteiger partial charge in [0.15, 0.2) is 0 Å². The summed E-state index contributed by atoms with van der Waals surface area (Å²) in [6, 6.07) is 14.7. The van der Waals surface area contributed by atoms with E-state index in [0.29, 0.717) is 22.9 Å². The standard InChI is InChI=1S/C14H13ClN2O.ClH/c15-12-7-3-1-5-10(12)9-18-13-8-4-2-6-11(13)14(16)17;/h1-8H,9H2,(H3,16,17);1H. The Morgan fingerprint density at radius 2 is 1.74 bits per heavy atom. The van der Waals surface area contributed by atoms with Crippen molar-refractivity contribution >= 4 is 29.8 Å². The zero-order valence-electron chi connectivity index (χ0n) is 10.1. The van der Waals surface area contributed by atoms with Crippen LogP contribution in [0.1, 0.15) is 11.1 Å². The molecular formula is C14H14Cl2N2O. The van der Waals surface area contributed by atoms with Gasteiger partial charge in [-0.15, -0.1) is 12.4 Å². The predicted molar refractivity (Wildman–Crippen MR) is 80.5 cm³/mol. The molecule has 0 amide bonds. The first kappa shape index (κ1) is 15.3. The Bertz CT molecular complexity index is 573. The number of ether oxygens (including phenoxy) is 1. The molecule has 0 aromatic heterocycles. The lowest BCUT2D eigenvalue weighted by atomic mass is 10.2. The van der Waals surface area contributed by atoms with Crippen LogP contribution < -0.4 is 10.5 Å². The lowest BCUT2D eigenvalue weighted by Crippen LogP contribution is -2.13. The Balaban J connectivity index is 0.00000180. The fourth-order valence-corrected chi connectivity index (χ4v) is 1.78. The number of amidine groups is 1. The SMILES string of the molecule is Cl.N=C(N)c1ccccc1OCc1ccccc1Cl. The summed E-state index contributed by atoms with van der Waals surface area (Å²) in [5.74, 6) is 0.578. The highest BCUT2D eigenvalue weighted by Gasteiger charge is 2.06. The molecule has 0 atom stereocenters. The first-order valence-corrected chi connectivity index (χ1v) is 5.86. The highest BCUT2D eigenvalue weighted by molar-refractivity contribution is 6.31. The molecule has 2 aromatic carbocycles. The fourth-order valence-electron chi connectivity index (χ4n) is 1.59. The summed E-state index contributed by atoms with van der Waals surface area (Å²) in [5.41, 5.74) is 6.98. The second-order valence-corrected chi connectivity index (χ2v) is 4.20. The molecule has 2 rings (SSSR count). The summed E-state index contributed by atoms with van der Waals surface area (Å²) < 4.78 is 5.66. The van der Waals surface area contributed by atoms with Crippen molar-refractivity contribution in [3.05, 3.63) is 64.7 Å². The van der Waals surface area contributed by atoms with Crippen molar-refractivity contribution in [2.24, 2.45) is 5.73 Å². The van der Waals surface area contributed by atoms with Gasteiger partial charge in [0, 0.05) is 10.6 Å². The predicted octanol–water partition coefficient (Wildman–Crippen LogP) is 3.62. The molecule has 0 aliphatic carbocycles. The van der Waals surface area contributed by atoms with Crippen LogP contribution >= 0.6 is 24.0 Å². The van der Waals surface area contributed by atoms with Crippen LogP contribution in [0.5, 0.6) is 5.75 Å². The van der Waals surface area contributed by atoms with Crippen LogP contribution in [0.15, 0.2) is 48.5 Å². The number of nitrogens with two attached hydrogens (primary N) is 1. The van der Waals surface area contributed by atoms with E-state index < -0.39 is 0 Å². The van der Waals surface area contributed by atoms with Crippen molar-refractivity contribution in [1.29, 1.82) is 5.41 Å². The van der Waals surface area contributed by atoms with Gasteiger partial charge < -0.3 is 10.5 Å². The van der Waals surface area contributed by atoms with Gasteiger partial charge in [0.1, 0.15) is 18.2 Å². The van der Waals surface area contributed by atoms with Crippen molar-refractivity contribution < 1.29 is 4.74 Å². The monoisotopic (exact) mass is 296 g/mol. The largest absolute Gasteiger partial charge is 0.488 e. The minimum Gasteiger partial charge on any atom is -0.488 e. The van der Waals surface area contributed by atoms with Gasteiger partial charge in [0.05, 0.1) is 5.56 Å². The van der Waals surface area contributed by atoms with Gasteiger partial charge in [-0.25, -0.2) is 0 Å². The molecule has 3 N–H and O–H groups in total. The average molecular weight is 297 g/mol. The van der Waals surface area contributed by atoms with Crippen molar-refractivity contribution in [1.82, 2.24) is 0 Å². The molecule has 0 radical (unpaired) electrons. The molecule has 0 bridgehead atoms. The van der Waals surface area contributed by atoms with E-state index >= 15 is 0 Å². The number of nitrogens with one attached hydrogen (secondary N) is 1. The molecule has 0 unspecified atom stereocenters. The molecule has 19 heavy (non-hydrogen) atoms. The van der Waals surface area contributed by atoms with E-state index in [0.717, 1.165) is 5.56 Å². The zero-order valence-corrected chi connectivity index (χ0v) is 11.7. The second kappa shape index (κ2) is 7.02. The van der Waals surface area contributed by atoms with E-state index in [9.17, 15) is 0 Å². The van der Waals surface area contributed by atoms with Crippen LogP contribution in [0.25, 0.3) is 0 Å². The van der Waals surface area contributed by atoms with Crippen LogP contribution in [-0.2, 0) is 6.61 Å². The van der Waals surface area contributed by atoms with Gasteiger partial charge in [-0.1, -0.05) is 41.9 Å². The molecule has 0 heterocycles. The Labute approximate surface area is 123 Å². The molecule has 2 aromatic rings. The number of rotatable bonds is 4. The molecular weight excluding hydrogens is 283 g/mol. The Hall–Kier alpha value is -1.71. The van der Waals surface area contributed by atoms with E-state index in [-0.39, 0.29) is 18.2 Å². The van der Waals surface area contributed by atoms with Crippen LogP contribution in [0.3, 0.4) is 0 Å². The van der Waals surface area contributed by atoms with Crippen LogP contribution in [0.4, 0.5) is 0 Å². The smallest absolute Gasteiger partial charge is 0.130 e. The third-order valence-corrected chi connectivity index (χ3v) is 2.89. The van der Waals surface area contributed by atoms with E-state index in [2.05, 4.69) is 0 Å². The third kappa shape index (κ3) is 3.88. The Kier molecular flexibility index (Phi) is 5.67. The van der Waals surface area contributed by atoms with Gasteiger partial charge in [0.2, 0.25) is 0 Å². The normalized spacial score (nSPS) is 9.53. The van der Waals surface area contributed by atoms with Crippen molar-refractivity contribution in [3.63, 3.8) is 0 Å². The lowest BCUT2D eigenvalue weighted by molar-refractivity contribution is 0.305. The fraction of sp³-hybridized carbons (Fsp3) is 0.0714. The van der Waals surface area contributed by atoms with Gasteiger partial charge >= 0.3 is 0 Å². The number of hydrogen-bond donors (Lipinski definition) is 2. The van der Waals surface area contributed by atoms with Crippen LogP contribution in [-0.4, -0.2) is 5.84 Å². The lowest BCUT2D eigenvalue weighted by Gasteiger charge is -2.11. The number of nitrogen functional groups attached to an aromatic ring is 1. The van der Waals surface area contributed by atoms with Crippen LogP contribution in [0, 0.1) is 5.41 Å². The van der Waals surface area contributed by atoms with E-state index in [4.69, 9.17) is 27.5 Å². The topological polar surface area (TPSA) is 59.1 Å². The van der Waals surface area contributed by atoms with Gasteiger partial charge in [0.25, 0.3) is 0 Å². The Morgan fingerprint density at radius 3 is 2.42 bits per heavy atom. The van der Waals surface area contributed by atoms with E-state index in [1.807, 2.05) is 36.4 Å². The van der Waals surface area contributed by atoms with Gasteiger partial charge in [-0.05, 0) is 18.2 Å². The summed E-state index contributed by atoms with van der Waals surface area (Å²) in [7, 11) is 0. The highest BCUT2D eigenvalue weighted by Crippen LogP contribution is 2.21. The van der Waals surface area contributed by atoms with Crippen molar-refractivity contribution in [2.45, 2.75) is 6.61 Å². The molecule has 0 aliphatic rings. The summed E-state index contributed by atoms with van der Waals surface area (Å²) in [4.78, 5) is 0. The number of hydrogen-bond acceptors (Lipinski definition) is 2. The minimum absolute atomic E-state index is 0. The third-order valence-electron chi connectivity index (χ3n) is 2.52. The molecule has 100 valence electrons. The molecule has 3 nitrogen and oxygen atoms in total. The second-order valence-electron chi connectivity index (χ2n) is 3.79. The number of para-hydroxylation sites is 1. The summed E-state index contributed by atoms with van der Waals surface area (Å²) in [6.07, 6.45) is 0. The van der Waals surface area contributed by atoms with E-state index in [1.54, 1.807) is 12.1 Å². The molecule has 0 fully saturated rings. The maximum Gasteiger partial charge on any atom is 0.130 e. The van der Waals surface area contributed by atoms with Gasteiger partial charge in [-0.3, -0.25) is 5.41 Å². The van der Waals surface area contributed by atoms with Crippen LogP contribution in [0.2, 0.25) is 5.02 Å². The van der Waals surface area contributed by atoms with Crippen molar-refractivity contribution in [3.8, 4) is 5.75 Å². The molecule has 0 saturated carbocycles. The molecule has 0 spiro atoms. The summed E-state index contributed by atoms with van der Waals surface area (Å²) >= 11 is 6.05. The highest BCUT2D eigenvalue weighted by atomic mass is 35.5. The average Bonchev–Trinajstić information content (AvgIpc) is 2.38. The molecule has 0 aliphatic heterocycles. The maximum absolute atomic E-state index is 7.47.